The number of aliphatic carboxylic acids is 1. The lowest BCUT2D eigenvalue weighted by atomic mass is 9.50. The first-order valence-corrected chi connectivity index (χ1v) is 13.7. The predicted molar refractivity (Wildman–Crippen MR) is 142 cm³/mol. The van der Waals surface area contributed by atoms with Gasteiger partial charge in [0.15, 0.2) is 0 Å². The Bertz CT molecular complexity index is 1490. The van der Waals surface area contributed by atoms with Crippen LogP contribution in [0.2, 0.25) is 5.02 Å². The molecule has 9 heteroatoms. The number of hydrogen-bond acceptors (Lipinski definition) is 4. The van der Waals surface area contributed by atoms with Crippen molar-refractivity contribution in [2.45, 2.75) is 51.6 Å². The Hall–Kier alpha value is -3.13. The molecule has 2 atom stereocenters. The lowest BCUT2D eigenvalue weighted by Crippen LogP contribution is -2.57. The minimum absolute atomic E-state index is 0.0277. The number of piperidine rings is 1. The van der Waals surface area contributed by atoms with Gasteiger partial charge in [0.25, 0.3) is 5.91 Å². The van der Waals surface area contributed by atoms with Crippen molar-refractivity contribution in [2.75, 3.05) is 18.0 Å². The molecule has 38 heavy (non-hydrogen) atoms. The number of nitrogens with zero attached hydrogens (tertiary/aromatic N) is 3. The molecule has 1 saturated heterocycles. The number of carboxylic acids is 1. The first-order valence-electron chi connectivity index (χ1n) is 13.3. The SMILES string of the molecule is CC12CC1CN(c1ccc(Cn3ncc4c(Cl)ccc(C(=O)NC5CC6(C5)CC(C(=O)O)C6)c43)cc1F)C2. The first kappa shape index (κ1) is 23.9. The Morgan fingerprint density at radius 2 is 1.97 bits per heavy atom. The van der Waals surface area contributed by atoms with Gasteiger partial charge in [-0.1, -0.05) is 24.6 Å². The van der Waals surface area contributed by atoms with Crippen molar-refractivity contribution < 1.29 is 19.1 Å². The van der Waals surface area contributed by atoms with Gasteiger partial charge in [-0.3, -0.25) is 14.3 Å². The summed E-state index contributed by atoms with van der Waals surface area (Å²) in [6.45, 7) is 4.40. The van der Waals surface area contributed by atoms with Crippen LogP contribution in [0, 0.1) is 28.5 Å². The summed E-state index contributed by atoms with van der Waals surface area (Å²) in [5.74, 6) is -0.742. The molecule has 1 amide bonds. The van der Waals surface area contributed by atoms with Gasteiger partial charge in [-0.05, 0) is 78.7 Å². The number of amides is 1. The van der Waals surface area contributed by atoms with Crippen molar-refractivity contribution in [3.05, 3.63) is 58.5 Å². The maximum absolute atomic E-state index is 15.1. The smallest absolute Gasteiger partial charge is 0.306 e. The lowest BCUT2D eigenvalue weighted by Gasteiger charge is -2.56. The highest BCUT2D eigenvalue weighted by molar-refractivity contribution is 6.36. The van der Waals surface area contributed by atoms with Gasteiger partial charge in [0, 0.05) is 24.5 Å². The number of fused-ring (bicyclic) bond motifs is 2. The summed E-state index contributed by atoms with van der Waals surface area (Å²) in [6, 6.07) is 8.79. The number of carbonyl (C=O) groups excluding carboxylic acids is 1. The number of aromatic nitrogens is 2. The summed E-state index contributed by atoms with van der Waals surface area (Å²) in [6.07, 6.45) is 5.89. The molecular formula is C29H30ClFN4O3. The molecule has 2 N–H and O–H groups in total. The van der Waals surface area contributed by atoms with E-state index in [0.29, 0.717) is 57.9 Å². The average Bonchev–Trinajstić information content (AvgIpc) is 3.11. The Labute approximate surface area is 224 Å². The Balaban J connectivity index is 1.08. The van der Waals surface area contributed by atoms with E-state index in [1.54, 1.807) is 29.1 Å². The number of carboxylic acid groups (broad SMARTS) is 1. The topological polar surface area (TPSA) is 87.5 Å². The molecule has 1 spiro atoms. The Morgan fingerprint density at radius 3 is 2.66 bits per heavy atom. The fraction of sp³-hybridized carbons (Fsp3) is 0.483. The van der Waals surface area contributed by atoms with E-state index in [-0.39, 0.29) is 29.1 Å². The number of anilines is 1. The predicted octanol–water partition coefficient (Wildman–Crippen LogP) is 5.10. The van der Waals surface area contributed by atoms with Crippen molar-refractivity contribution in [3.63, 3.8) is 0 Å². The second-order valence-corrected chi connectivity index (χ2v) is 12.8. The third-order valence-corrected chi connectivity index (χ3v) is 9.94. The quantitative estimate of drug-likeness (QED) is 0.458. The Morgan fingerprint density at radius 1 is 1.18 bits per heavy atom. The fourth-order valence-electron chi connectivity index (χ4n) is 7.33. The highest BCUT2D eigenvalue weighted by Crippen LogP contribution is 2.59. The van der Waals surface area contributed by atoms with Crippen LogP contribution < -0.4 is 10.2 Å². The molecule has 1 aromatic heterocycles. The lowest BCUT2D eigenvalue weighted by molar-refractivity contribution is -0.155. The maximum Gasteiger partial charge on any atom is 0.306 e. The van der Waals surface area contributed by atoms with Gasteiger partial charge in [0.1, 0.15) is 5.82 Å². The molecule has 2 heterocycles. The summed E-state index contributed by atoms with van der Waals surface area (Å²) in [7, 11) is 0. The second-order valence-electron chi connectivity index (χ2n) is 12.4. The summed E-state index contributed by atoms with van der Waals surface area (Å²) in [4.78, 5) is 26.6. The zero-order valence-electron chi connectivity index (χ0n) is 21.2. The molecular weight excluding hydrogens is 507 g/mol. The molecule has 198 valence electrons. The van der Waals surface area contributed by atoms with Crippen LogP contribution >= 0.6 is 11.6 Å². The van der Waals surface area contributed by atoms with Crippen LogP contribution in [0.4, 0.5) is 10.1 Å². The zero-order chi connectivity index (χ0) is 26.4. The molecule has 3 aliphatic carbocycles. The van der Waals surface area contributed by atoms with E-state index in [4.69, 9.17) is 16.7 Å². The average molecular weight is 537 g/mol. The van der Waals surface area contributed by atoms with Gasteiger partial charge in [-0.2, -0.15) is 5.10 Å². The van der Waals surface area contributed by atoms with Crippen molar-refractivity contribution >= 4 is 40.1 Å². The molecule has 0 radical (unpaired) electrons. The number of rotatable bonds is 6. The number of carbonyl (C=O) groups is 2. The van der Waals surface area contributed by atoms with Crippen LogP contribution in [0.25, 0.3) is 10.9 Å². The summed E-state index contributed by atoms with van der Waals surface area (Å²) >= 11 is 6.44. The van der Waals surface area contributed by atoms with E-state index in [1.807, 2.05) is 12.1 Å². The Kier molecular flexibility index (Phi) is 5.16. The molecule has 3 saturated carbocycles. The van der Waals surface area contributed by atoms with E-state index in [0.717, 1.165) is 31.5 Å². The van der Waals surface area contributed by atoms with E-state index in [2.05, 4.69) is 22.2 Å². The molecule has 4 fully saturated rings. The fourth-order valence-corrected chi connectivity index (χ4v) is 7.53. The third-order valence-electron chi connectivity index (χ3n) is 9.61. The van der Waals surface area contributed by atoms with Crippen LogP contribution in [0.3, 0.4) is 0 Å². The van der Waals surface area contributed by atoms with Crippen LogP contribution in [-0.2, 0) is 11.3 Å². The minimum Gasteiger partial charge on any atom is -0.481 e. The normalized spacial score (nSPS) is 31.1. The molecule has 2 aromatic carbocycles. The largest absolute Gasteiger partial charge is 0.481 e. The summed E-state index contributed by atoms with van der Waals surface area (Å²) < 4.78 is 16.9. The number of benzene rings is 2. The third kappa shape index (κ3) is 3.79. The summed E-state index contributed by atoms with van der Waals surface area (Å²) in [5, 5.41) is 18.0. The number of nitrogens with one attached hydrogen (secondary N) is 1. The zero-order valence-corrected chi connectivity index (χ0v) is 22.0. The van der Waals surface area contributed by atoms with Crippen LogP contribution in [0.1, 0.15) is 54.9 Å². The monoisotopic (exact) mass is 536 g/mol. The van der Waals surface area contributed by atoms with Crippen LogP contribution in [-0.4, -0.2) is 45.9 Å². The molecule has 2 unspecified atom stereocenters. The van der Waals surface area contributed by atoms with Gasteiger partial charge in [-0.25, -0.2) is 4.39 Å². The molecule has 1 aliphatic heterocycles. The molecule has 3 aromatic rings. The van der Waals surface area contributed by atoms with E-state index >= 15 is 4.39 Å². The van der Waals surface area contributed by atoms with E-state index in [9.17, 15) is 9.59 Å². The highest BCUT2D eigenvalue weighted by atomic mass is 35.5. The maximum atomic E-state index is 15.1. The summed E-state index contributed by atoms with van der Waals surface area (Å²) in [5.41, 5.74) is 2.92. The molecule has 7 nitrogen and oxygen atoms in total. The number of halogens is 2. The standard InChI is InChI=1S/C29H30ClFN4O3/c1-28-9-18(28)14-34(15-28)24-5-2-16(6-23(24)31)13-35-25-20(3-4-22(30)21(25)12-32-35)26(36)33-19-10-29(11-19)7-17(8-29)27(37)38/h2-6,12,17-19H,7-11,13-15H2,1H3,(H,33,36)(H,37,38). The van der Waals surface area contributed by atoms with E-state index < -0.39 is 5.97 Å². The minimum atomic E-state index is -0.726. The van der Waals surface area contributed by atoms with Crippen LogP contribution in [0.5, 0.6) is 0 Å². The van der Waals surface area contributed by atoms with Crippen molar-refractivity contribution in [3.8, 4) is 0 Å². The van der Waals surface area contributed by atoms with E-state index in [1.165, 1.54) is 6.42 Å². The van der Waals surface area contributed by atoms with Crippen molar-refractivity contribution in [1.29, 1.82) is 0 Å². The van der Waals surface area contributed by atoms with Crippen molar-refractivity contribution in [2.24, 2.45) is 22.7 Å². The molecule has 7 rings (SSSR count). The van der Waals surface area contributed by atoms with Gasteiger partial charge in [0.2, 0.25) is 0 Å². The van der Waals surface area contributed by atoms with Gasteiger partial charge >= 0.3 is 5.97 Å². The van der Waals surface area contributed by atoms with Crippen molar-refractivity contribution in [1.82, 2.24) is 15.1 Å². The second kappa shape index (κ2) is 8.18. The van der Waals surface area contributed by atoms with Gasteiger partial charge in [-0.15, -0.1) is 0 Å². The molecule has 0 bridgehead atoms. The number of hydrogen-bond donors (Lipinski definition) is 2. The van der Waals surface area contributed by atoms with Gasteiger partial charge < -0.3 is 15.3 Å². The first-order chi connectivity index (χ1) is 18.1. The van der Waals surface area contributed by atoms with Crippen LogP contribution in [0.15, 0.2) is 36.5 Å². The van der Waals surface area contributed by atoms with Gasteiger partial charge in [0.05, 0.1) is 40.4 Å². The highest BCUT2D eigenvalue weighted by Gasteiger charge is 2.56. The molecule has 4 aliphatic rings.